The van der Waals surface area contributed by atoms with Crippen molar-refractivity contribution in [3.05, 3.63) is 35.0 Å². The Hall–Kier alpha value is -1.53. The minimum absolute atomic E-state index is 0.0212. The summed E-state index contributed by atoms with van der Waals surface area (Å²) in [5.41, 5.74) is 7.74. The van der Waals surface area contributed by atoms with Gasteiger partial charge in [0.15, 0.2) is 5.78 Å². The number of rotatable bonds is 6. The number of aromatic nitrogens is 1. The third-order valence-electron chi connectivity index (χ3n) is 3.15. The van der Waals surface area contributed by atoms with Crippen LogP contribution in [-0.4, -0.2) is 23.6 Å². The summed E-state index contributed by atoms with van der Waals surface area (Å²) in [5.74, 6) is 0.0212. The average Bonchev–Trinajstić information content (AvgIpc) is 2.82. The second-order valence-electron chi connectivity index (χ2n) is 4.57. The average molecular weight is 321 g/mol. The molecule has 0 saturated heterocycles. The molecular weight excluding hydrogens is 302 g/mol. The van der Waals surface area contributed by atoms with Crippen molar-refractivity contribution in [3.8, 4) is 0 Å². The van der Waals surface area contributed by atoms with Gasteiger partial charge in [0.25, 0.3) is 0 Å². The summed E-state index contributed by atoms with van der Waals surface area (Å²) >= 11 is 3.06. The molecule has 0 saturated carbocycles. The molecule has 0 aliphatic carbocycles. The van der Waals surface area contributed by atoms with E-state index in [9.17, 15) is 4.79 Å². The molecule has 0 spiro atoms. The SMILES string of the molecule is CCN(Cc1ccccn1)c1sc(C(C)=O)c(N)c1SC. The molecule has 0 atom stereocenters. The van der Waals surface area contributed by atoms with Crippen LogP contribution in [0.2, 0.25) is 0 Å². The van der Waals surface area contributed by atoms with Gasteiger partial charge in [-0.25, -0.2) is 0 Å². The summed E-state index contributed by atoms with van der Waals surface area (Å²) in [6.07, 6.45) is 3.78. The molecule has 4 nitrogen and oxygen atoms in total. The zero-order chi connectivity index (χ0) is 15.4. The number of thioether (sulfide) groups is 1. The molecule has 0 fully saturated rings. The van der Waals surface area contributed by atoms with Crippen molar-refractivity contribution in [3.63, 3.8) is 0 Å². The molecule has 0 amide bonds. The highest BCUT2D eigenvalue weighted by atomic mass is 32.2. The van der Waals surface area contributed by atoms with Crippen LogP contribution in [0.15, 0.2) is 29.3 Å². The molecule has 6 heteroatoms. The largest absolute Gasteiger partial charge is 0.396 e. The van der Waals surface area contributed by atoms with Gasteiger partial charge in [-0.15, -0.1) is 23.1 Å². The van der Waals surface area contributed by atoms with Crippen LogP contribution >= 0.6 is 23.1 Å². The van der Waals surface area contributed by atoms with Crippen molar-refractivity contribution < 1.29 is 4.79 Å². The first kappa shape index (κ1) is 15.9. The van der Waals surface area contributed by atoms with Gasteiger partial charge >= 0.3 is 0 Å². The highest BCUT2D eigenvalue weighted by molar-refractivity contribution is 7.99. The van der Waals surface area contributed by atoms with Crippen LogP contribution < -0.4 is 10.6 Å². The Labute approximate surface area is 133 Å². The number of hydrogen-bond donors (Lipinski definition) is 1. The van der Waals surface area contributed by atoms with Gasteiger partial charge in [-0.05, 0) is 25.3 Å². The van der Waals surface area contributed by atoms with E-state index >= 15 is 0 Å². The molecule has 0 radical (unpaired) electrons. The lowest BCUT2D eigenvalue weighted by atomic mass is 10.3. The first-order valence-electron chi connectivity index (χ1n) is 6.70. The normalized spacial score (nSPS) is 10.6. The Balaban J connectivity index is 2.38. The number of nitrogens with two attached hydrogens (primary N) is 1. The molecule has 0 unspecified atom stereocenters. The lowest BCUT2D eigenvalue weighted by Gasteiger charge is -2.22. The number of thiophene rings is 1. The minimum atomic E-state index is 0.0212. The van der Waals surface area contributed by atoms with E-state index < -0.39 is 0 Å². The fourth-order valence-corrected chi connectivity index (χ4v) is 4.24. The number of ketones is 1. The van der Waals surface area contributed by atoms with Crippen LogP contribution in [0.5, 0.6) is 0 Å². The number of pyridine rings is 1. The van der Waals surface area contributed by atoms with Gasteiger partial charge < -0.3 is 10.6 Å². The van der Waals surface area contributed by atoms with Crippen LogP contribution in [0.1, 0.15) is 29.2 Å². The van der Waals surface area contributed by atoms with Crippen molar-refractivity contribution in [2.24, 2.45) is 0 Å². The molecule has 2 N–H and O–H groups in total. The van der Waals surface area contributed by atoms with Crippen LogP contribution in [0, 0.1) is 0 Å². The molecule has 2 rings (SSSR count). The standard InChI is InChI=1S/C15H19N3OS2/c1-4-18(9-11-7-5-6-8-17-11)15-14(20-3)12(16)13(21-15)10(2)19/h5-8H,4,9,16H2,1-3H3. The summed E-state index contributed by atoms with van der Waals surface area (Å²) in [7, 11) is 0. The van der Waals surface area contributed by atoms with Crippen LogP contribution in [0.3, 0.4) is 0 Å². The van der Waals surface area contributed by atoms with E-state index in [0.29, 0.717) is 17.1 Å². The maximum Gasteiger partial charge on any atom is 0.171 e. The Kier molecular flexibility index (Phi) is 5.25. The molecule has 0 bridgehead atoms. The number of carbonyl (C=O) groups is 1. The summed E-state index contributed by atoms with van der Waals surface area (Å²) in [4.78, 5) is 19.9. The molecule has 21 heavy (non-hydrogen) atoms. The van der Waals surface area contributed by atoms with Crippen molar-refractivity contribution in [2.45, 2.75) is 25.3 Å². The van der Waals surface area contributed by atoms with Crippen molar-refractivity contribution >= 4 is 39.6 Å². The fourth-order valence-electron chi connectivity index (χ4n) is 2.10. The highest BCUT2D eigenvalue weighted by Gasteiger charge is 2.21. The van der Waals surface area contributed by atoms with Gasteiger partial charge in [-0.1, -0.05) is 6.07 Å². The number of carbonyl (C=O) groups excluding carboxylic acids is 1. The molecule has 0 aromatic carbocycles. The van der Waals surface area contributed by atoms with E-state index in [1.54, 1.807) is 24.9 Å². The molecule has 2 aromatic heterocycles. The number of hydrogen-bond acceptors (Lipinski definition) is 6. The lowest BCUT2D eigenvalue weighted by molar-refractivity contribution is 0.102. The third kappa shape index (κ3) is 3.39. The quantitative estimate of drug-likeness (QED) is 0.650. The molecule has 0 aliphatic rings. The van der Waals surface area contributed by atoms with Crippen molar-refractivity contribution in [1.82, 2.24) is 4.98 Å². The maximum absolute atomic E-state index is 11.7. The molecule has 2 heterocycles. The Bertz CT molecular complexity index is 625. The number of Topliss-reactive ketones (excluding diaryl/α,β-unsaturated/α-hetero) is 1. The zero-order valence-corrected chi connectivity index (χ0v) is 14.1. The summed E-state index contributed by atoms with van der Waals surface area (Å²) < 4.78 is 0. The number of anilines is 2. The summed E-state index contributed by atoms with van der Waals surface area (Å²) in [6.45, 7) is 5.20. The Morgan fingerprint density at radius 3 is 2.76 bits per heavy atom. The van der Waals surface area contributed by atoms with Gasteiger partial charge in [0.05, 0.1) is 27.7 Å². The molecule has 0 aliphatic heterocycles. The van der Waals surface area contributed by atoms with E-state index in [0.717, 1.165) is 22.1 Å². The Morgan fingerprint density at radius 1 is 1.48 bits per heavy atom. The predicted molar refractivity (Wildman–Crippen MR) is 91.5 cm³/mol. The lowest BCUT2D eigenvalue weighted by Crippen LogP contribution is -2.22. The number of nitrogen functional groups attached to an aromatic ring is 1. The summed E-state index contributed by atoms with van der Waals surface area (Å²) in [5, 5.41) is 1.05. The fraction of sp³-hybridized carbons (Fsp3) is 0.333. The second-order valence-corrected chi connectivity index (χ2v) is 6.39. The number of nitrogens with zero attached hydrogens (tertiary/aromatic N) is 2. The van der Waals surface area contributed by atoms with Crippen LogP contribution in [-0.2, 0) is 6.54 Å². The van der Waals surface area contributed by atoms with E-state index in [1.165, 1.54) is 11.3 Å². The van der Waals surface area contributed by atoms with E-state index in [4.69, 9.17) is 5.73 Å². The maximum atomic E-state index is 11.7. The Morgan fingerprint density at radius 2 is 2.24 bits per heavy atom. The van der Waals surface area contributed by atoms with Gasteiger partial charge in [0.1, 0.15) is 5.00 Å². The van der Waals surface area contributed by atoms with E-state index in [2.05, 4.69) is 16.8 Å². The first-order chi connectivity index (χ1) is 10.1. The second kappa shape index (κ2) is 6.95. The van der Waals surface area contributed by atoms with Gasteiger partial charge in [0, 0.05) is 19.7 Å². The van der Waals surface area contributed by atoms with Crippen LogP contribution in [0.4, 0.5) is 10.7 Å². The minimum Gasteiger partial charge on any atom is -0.396 e. The topological polar surface area (TPSA) is 59.2 Å². The molecule has 2 aromatic rings. The van der Waals surface area contributed by atoms with Gasteiger partial charge in [-0.3, -0.25) is 9.78 Å². The van der Waals surface area contributed by atoms with Gasteiger partial charge in [0.2, 0.25) is 0 Å². The van der Waals surface area contributed by atoms with Crippen molar-refractivity contribution in [1.29, 1.82) is 0 Å². The summed E-state index contributed by atoms with van der Waals surface area (Å²) in [6, 6.07) is 5.89. The van der Waals surface area contributed by atoms with Crippen LogP contribution in [0.25, 0.3) is 0 Å². The molecular formula is C15H19N3OS2. The predicted octanol–water partition coefficient (Wildman–Crippen LogP) is 3.68. The first-order valence-corrected chi connectivity index (χ1v) is 8.74. The van der Waals surface area contributed by atoms with Crippen molar-refractivity contribution in [2.75, 3.05) is 23.4 Å². The monoisotopic (exact) mass is 321 g/mol. The highest BCUT2D eigenvalue weighted by Crippen LogP contribution is 2.44. The zero-order valence-electron chi connectivity index (χ0n) is 12.4. The van der Waals surface area contributed by atoms with E-state index in [-0.39, 0.29) is 5.78 Å². The third-order valence-corrected chi connectivity index (χ3v) is 5.47. The smallest absolute Gasteiger partial charge is 0.171 e. The van der Waals surface area contributed by atoms with E-state index in [1.807, 2.05) is 24.5 Å². The molecule has 112 valence electrons. The van der Waals surface area contributed by atoms with Gasteiger partial charge in [-0.2, -0.15) is 0 Å².